The SMILES string of the molecule is CC1(C)S/C(=N/S(=O)(=O)c2ccc(Br)cc2)N(C2CCCCC2)C1=O. The second kappa shape index (κ2) is 7.04. The van der Waals surface area contributed by atoms with Gasteiger partial charge in [0.2, 0.25) is 5.91 Å². The lowest BCUT2D eigenvalue weighted by molar-refractivity contribution is -0.130. The first-order valence-electron chi connectivity index (χ1n) is 8.34. The zero-order valence-corrected chi connectivity index (χ0v) is 17.5. The fourth-order valence-electron chi connectivity index (χ4n) is 3.18. The molecule has 5 nitrogen and oxygen atoms in total. The first kappa shape index (κ1) is 18.9. The van der Waals surface area contributed by atoms with Crippen LogP contribution in [0.2, 0.25) is 0 Å². The summed E-state index contributed by atoms with van der Waals surface area (Å²) < 4.78 is 29.5. The van der Waals surface area contributed by atoms with Gasteiger partial charge >= 0.3 is 0 Å². The van der Waals surface area contributed by atoms with Crippen LogP contribution in [0.3, 0.4) is 0 Å². The molecule has 2 fully saturated rings. The number of halogens is 1. The molecule has 1 aliphatic carbocycles. The summed E-state index contributed by atoms with van der Waals surface area (Å²) in [4.78, 5) is 14.6. The second-order valence-electron chi connectivity index (χ2n) is 6.88. The maximum absolute atomic E-state index is 12.8. The van der Waals surface area contributed by atoms with Crippen LogP contribution in [0.1, 0.15) is 46.0 Å². The number of sulfonamides is 1. The zero-order chi connectivity index (χ0) is 18.2. The van der Waals surface area contributed by atoms with E-state index in [2.05, 4.69) is 20.3 Å². The number of nitrogens with zero attached hydrogens (tertiary/aromatic N) is 2. The Balaban J connectivity index is 1.98. The highest BCUT2D eigenvalue weighted by Gasteiger charge is 2.48. The van der Waals surface area contributed by atoms with E-state index < -0.39 is 14.8 Å². The van der Waals surface area contributed by atoms with E-state index in [1.54, 1.807) is 17.0 Å². The van der Waals surface area contributed by atoms with E-state index in [0.29, 0.717) is 5.17 Å². The summed E-state index contributed by atoms with van der Waals surface area (Å²) in [5, 5.41) is 0.310. The van der Waals surface area contributed by atoms with Gasteiger partial charge in [-0.3, -0.25) is 9.69 Å². The van der Waals surface area contributed by atoms with Crippen molar-refractivity contribution in [2.75, 3.05) is 0 Å². The lowest BCUT2D eigenvalue weighted by Gasteiger charge is -2.31. The molecule has 0 bridgehead atoms. The summed E-state index contributed by atoms with van der Waals surface area (Å²) in [5.74, 6) is -0.0471. The quantitative estimate of drug-likeness (QED) is 0.700. The number of thioether (sulfide) groups is 1. The van der Waals surface area contributed by atoms with Gasteiger partial charge in [0.25, 0.3) is 10.0 Å². The largest absolute Gasteiger partial charge is 0.286 e. The molecule has 0 atom stereocenters. The number of carbonyl (C=O) groups is 1. The molecule has 1 saturated heterocycles. The van der Waals surface area contributed by atoms with Gasteiger partial charge in [0.1, 0.15) is 0 Å². The summed E-state index contributed by atoms with van der Waals surface area (Å²) in [6, 6.07) is 6.42. The number of amidine groups is 1. The molecule has 1 aromatic rings. The highest BCUT2D eigenvalue weighted by Crippen LogP contribution is 2.41. The molecule has 0 unspecified atom stereocenters. The fourth-order valence-corrected chi connectivity index (χ4v) is 5.74. The van der Waals surface area contributed by atoms with Gasteiger partial charge in [-0.25, -0.2) is 0 Å². The minimum Gasteiger partial charge on any atom is -0.286 e. The molecular weight excluding hydrogens is 424 g/mol. The highest BCUT2D eigenvalue weighted by molar-refractivity contribution is 9.10. The van der Waals surface area contributed by atoms with Crippen molar-refractivity contribution >= 4 is 48.8 Å². The van der Waals surface area contributed by atoms with Crippen molar-refractivity contribution in [3.8, 4) is 0 Å². The molecule has 0 aromatic heterocycles. The van der Waals surface area contributed by atoms with Crippen molar-refractivity contribution < 1.29 is 13.2 Å². The molecule has 1 amide bonds. The smallest absolute Gasteiger partial charge is 0.284 e. The number of rotatable bonds is 3. The van der Waals surface area contributed by atoms with E-state index in [1.807, 2.05) is 13.8 Å². The van der Waals surface area contributed by atoms with Gasteiger partial charge in [-0.15, -0.1) is 4.40 Å². The Hall–Kier alpha value is -0.860. The molecule has 1 aromatic carbocycles. The molecule has 25 heavy (non-hydrogen) atoms. The van der Waals surface area contributed by atoms with Gasteiger partial charge in [-0.2, -0.15) is 8.42 Å². The molecule has 8 heteroatoms. The van der Waals surface area contributed by atoms with Crippen LogP contribution in [0, 0.1) is 0 Å². The standard InChI is InChI=1S/C17H21BrN2O3S2/c1-17(2)15(21)20(13-6-4-3-5-7-13)16(24-17)19-25(22,23)14-10-8-12(18)9-11-14/h8-11,13H,3-7H2,1-2H3/b19-16+. The van der Waals surface area contributed by atoms with Crippen molar-refractivity contribution in [1.29, 1.82) is 0 Å². The highest BCUT2D eigenvalue weighted by atomic mass is 79.9. The van der Waals surface area contributed by atoms with Crippen molar-refractivity contribution in [3.63, 3.8) is 0 Å². The molecule has 0 radical (unpaired) electrons. The molecule has 136 valence electrons. The lowest BCUT2D eigenvalue weighted by Crippen LogP contribution is -2.44. The number of amides is 1. The van der Waals surface area contributed by atoms with Crippen molar-refractivity contribution in [2.24, 2.45) is 4.40 Å². The normalized spacial score (nSPS) is 23.4. The minimum atomic E-state index is -3.85. The van der Waals surface area contributed by atoms with Gasteiger partial charge < -0.3 is 0 Å². The molecule has 0 N–H and O–H groups in total. The van der Waals surface area contributed by atoms with Crippen LogP contribution in [0.4, 0.5) is 0 Å². The van der Waals surface area contributed by atoms with Crippen molar-refractivity contribution in [1.82, 2.24) is 4.90 Å². The Labute approximate surface area is 161 Å². The Morgan fingerprint density at radius 1 is 1.16 bits per heavy atom. The predicted octanol–water partition coefficient (Wildman–Crippen LogP) is 4.18. The third-order valence-corrected chi connectivity index (χ3v) is 7.62. The first-order chi connectivity index (χ1) is 11.7. The summed E-state index contributed by atoms with van der Waals surface area (Å²) >= 11 is 4.54. The Kier molecular flexibility index (Phi) is 5.33. The third kappa shape index (κ3) is 3.95. The number of hydrogen-bond acceptors (Lipinski definition) is 4. The Morgan fingerprint density at radius 3 is 2.36 bits per heavy atom. The molecule has 1 saturated carbocycles. The molecular formula is C17H21BrN2O3S2. The van der Waals surface area contributed by atoms with Crippen LogP contribution in [-0.2, 0) is 14.8 Å². The second-order valence-corrected chi connectivity index (χ2v) is 11.0. The number of hydrogen-bond donors (Lipinski definition) is 0. The molecule has 2 aliphatic rings. The van der Waals surface area contributed by atoms with E-state index in [0.717, 1.165) is 30.2 Å². The third-order valence-electron chi connectivity index (χ3n) is 4.54. The van der Waals surface area contributed by atoms with E-state index in [-0.39, 0.29) is 16.8 Å². The molecule has 1 aliphatic heterocycles. The van der Waals surface area contributed by atoms with Gasteiger partial charge in [0.15, 0.2) is 5.17 Å². The van der Waals surface area contributed by atoms with E-state index in [9.17, 15) is 13.2 Å². The van der Waals surface area contributed by atoms with E-state index in [1.165, 1.54) is 30.3 Å². The maximum Gasteiger partial charge on any atom is 0.284 e. The lowest BCUT2D eigenvalue weighted by atomic mass is 9.94. The van der Waals surface area contributed by atoms with E-state index >= 15 is 0 Å². The topological polar surface area (TPSA) is 66.8 Å². The van der Waals surface area contributed by atoms with Crippen LogP contribution in [0.5, 0.6) is 0 Å². The van der Waals surface area contributed by atoms with Crippen molar-refractivity contribution in [2.45, 2.75) is 61.6 Å². The molecule has 1 heterocycles. The van der Waals surface area contributed by atoms with Crippen molar-refractivity contribution in [3.05, 3.63) is 28.7 Å². The van der Waals surface area contributed by atoms with Crippen LogP contribution in [0.25, 0.3) is 0 Å². The van der Waals surface area contributed by atoms with Crippen LogP contribution >= 0.6 is 27.7 Å². The van der Waals surface area contributed by atoms with Gasteiger partial charge in [-0.05, 0) is 51.0 Å². The first-order valence-corrected chi connectivity index (χ1v) is 11.4. The summed E-state index contributed by atoms with van der Waals surface area (Å²) in [7, 11) is -3.85. The predicted molar refractivity (Wildman–Crippen MR) is 104 cm³/mol. The van der Waals surface area contributed by atoms with Crippen LogP contribution in [0.15, 0.2) is 38.0 Å². The fraction of sp³-hybridized carbons (Fsp3) is 0.529. The minimum absolute atomic E-state index is 0.0471. The molecule has 3 rings (SSSR count). The zero-order valence-electron chi connectivity index (χ0n) is 14.2. The van der Waals surface area contributed by atoms with Crippen LogP contribution < -0.4 is 0 Å². The Morgan fingerprint density at radius 2 is 1.76 bits per heavy atom. The van der Waals surface area contributed by atoms with Crippen LogP contribution in [-0.4, -0.2) is 35.2 Å². The van der Waals surface area contributed by atoms with Gasteiger partial charge in [-0.1, -0.05) is 47.0 Å². The maximum atomic E-state index is 12.8. The monoisotopic (exact) mass is 444 g/mol. The van der Waals surface area contributed by atoms with Gasteiger partial charge in [0, 0.05) is 10.5 Å². The average Bonchev–Trinajstić information content (AvgIpc) is 2.77. The van der Waals surface area contributed by atoms with Gasteiger partial charge in [0.05, 0.1) is 9.64 Å². The Bertz CT molecular complexity index is 798. The summed E-state index contributed by atoms with van der Waals surface area (Å²) in [6.45, 7) is 3.65. The number of benzene rings is 1. The molecule has 0 spiro atoms. The summed E-state index contributed by atoms with van der Waals surface area (Å²) in [5.41, 5.74) is 0. The average molecular weight is 445 g/mol. The summed E-state index contributed by atoms with van der Waals surface area (Å²) in [6.07, 6.45) is 5.09. The number of carbonyl (C=O) groups excluding carboxylic acids is 1. The van der Waals surface area contributed by atoms with E-state index in [4.69, 9.17) is 0 Å².